The van der Waals surface area contributed by atoms with Crippen molar-refractivity contribution in [3.8, 4) is 0 Å². The summed E-state index contributed by atoms with van der Waals surface area (Å²) in [5.41, 5.74) is 0. The van der Waals surface area contributed by atoms with Crippen LogP contribution in [0.4, 0.5) is 0 Å². The van der Waals surface area contributed by atoms with Crippen molar-refractivity contribution >= 4 is 21.8 Å². The highest BCUT2D eigenvalue weighted by Crippen LogP contribution is 2.11. The van der Waals surface area contributed by atoms with Crippen LogP contribution in [-0.4, -0.2) is 15.9 Å². The van der Waals surface area contributed by atoms with Crippen LogP contribution in [0.15, 0.2) is 16.9 Å². The topological polar surface area (TPSA) is 54.9 Å². The number of aromatic nitrogens is 2. The van der Waals surface area contributed by atoms with E-state index >= 15 is 0 Å². The van der Waals surface area contributed by atoms with Crippen molar-refractivity contribution in [2.24, 2.45) is 0 Å². The quantitative estimate of drug-likeness (QED) is 0.739. The zero-order valence-electron chi connectivity index (χ0n) is 11.7. The van der Waals surface area contributed by atoms with Gasteiger partial charge in [-0.05, 0) is 29.3 Å². The lowest BCUT2D eigenvalue weighted by Crippen LogP contribution is -2.27. The molecule has 1 N–H and O–H groups in total. The number of hydrogen-bond donors (Lipinski definition) is 1. The lowest BCUT2D eigenvalue weighted by atomic mass is 10.1. The van der Waals surface area contributed by atoms with Crippen LogP contribution >= 0.6 is 15.9 Å². The standard InChI is InChI=1S/C14H22BrN3O/c1-3-4-5-6-7-8-13(19)18-11(2)14-16-9-12(15)10-17-14/h9-11H,3-8H2,1-2H3,(H,18,19)/t11-/m0/s1. The van der Waals surface area contributed by atoms with Crippen LogP contribution in [0, 0.1) is 0 Å². The van der Waals surface area contributed by atoms with Gasteiger partial charge in [0.1, 0.15) is 5.82 Å². The van der Waals surface area contributed by atoms with E-state index in [2.05, 4.69) is 38.1 Å². The van der Waals surface area contributed by atoms with Crippen LogP contribution in [0.5, 0.6) is 0 Å². The Hall–Kier alpha value is -0.970. The number of nitrogens with zero attached hydrogens (tertiary/aromatic N) is 2. The molecule has 0 aliphatic heterocycles. The Morgan fingerprint density at radius 2 is 1.89 bits per heavy atom. The highest BCUT2D eigenvalue weighted by atomic mass is 79.9. The van der Waals surface area contributed by atoms with Crippen LogP contribution in [0.25, 0.3) is 0 Å². The van der Waals surface area contributed by atoms with Gasteiger partial charge in [0.05, 0.1) is 10.5 Å². The number of hydrogen-bond acceptors (Lipinski definition) is 3. The molecule has 0 aliphatic carbocycles. The Balaban J connectivity index is 2.26. The van der Waals surface area contributed by atoms with Gasteiger partial charge in [-0.1, -0.05) is 32.6 Å². The van der Waals surface area contributed by atoms with Crippen LogP contribution in [0.1, 0.15) is 64.2 Å². The summed E-state index contributed by atoms with van der Waals surface area (Å²) in [6, 6.07) is -0.142. The summed E-state index contributed by atoms with van der Waals surface area (Å²) in [7, 11) is 0. The highest BCUT2D eigenvalue weighted by molar-refractivity contribution is 9.10. The van der Waals surface area contributed by atoms with Gasteiger partial charge in [-0.2, -0.15) is 0 Å². The van der Waals surface area contributed by atoms with Gasteiger partial charge in [-0.25, -0.2) is 9.97 Å². The molecule has 5 heteroatoms. The summed E-state index contributed by atoms with van der Waals surface area (Å²) in [4.78, 5) is 20.1. The summed E-state index contributed by atoms with van der Waals surface area (Å²) >= 11 is 3.29. The number of nitrogens with one attached hydrogen (secondary N) is 1. The minimum absolute atomic E-state index is 0.0792. The van der Waals surface area contributed by atoms with E-state index in [-0.39, 0.29) is 11.9 Å². The Labute approximate surface area is 123 Å². The lowest BCUT2D eigenvalue weighted by molar-refractivity contribution is -0.121. The van der Waals surface area contributed by atoms with Crippen LogP contribution in [-0.2, 0) is 4.79 Å². The van der Waals surface area contributed by atoms with Gasteiger partial charge in [0, 0.05) is 18.8 Å². The maximum atomic E-state index is 11.8. The van der Waals surface area contributed by atoms with E-state index in [1.807, 2.05) is 6.92 Å². The first-order valence-corrected chi connectivity index (χ1v) is 7.69. The second-order valence-corrected chi connectivity index (χ2v) is 5.63. The molecule has 0 fully saturated rings. The summed E-state index contributed by atoms with van der Waals surface area (Å²) in [5, 5.41) is 2.93. The lowest BCUT2D eigenvalue weighted by Gasteiger charge is -2.12. The molecular formula is C14H22BrN3O. The summed E-state index contributed by atoms with van der Waals surface area (Å²) in [5.74, 6) is 0.720. The molecule has 0 saturated heterocycles. The Bertz CT molecular complexity index is 381. The van der Waals surface area contributed by atoms with E-state index in [1.54, 1.807) is 12.4 Å². The molecule has 0 spiro atoms. The van der Waals surface area contributed by atoms with Crippen LogP contribution < -0.4 is 5.32 Å². The molecule has 1 aromatic rings. The molecule has 1 atom stereocenters. The largest absolute Gasteiger partial charge is 0.346 e. The smallest absolute Gasteiger partial charge is 0.220 e. The van der Waals surface area contributed by atoms with Crippen LogP contribution in [0.3, 0.4) is 0 Å². The first-order chi connectivity index (χ1) is 9.13. The van der Waals surface area contributed by atoms with Gasteiger partial charge in [-0.15, -0.1) is 0 Å². The molecule has 0 aromatic carbocycles. The van der Waals surface area contributed by atoms with E-state index < -0.39 is 0 Å². The maximum Gasteiger partial charge on any atom is 0.220 e. The van der Waals surface area contributed by atoms with Crippen molar-refractivity contribution in [3.63, 3.8) is 0 Å². The van der Waals surface area contributed by atoms with E-state index in [9.17, 15) is 4.79 Å². The average molecular weight is 328 g/mol. The molecule has 19 heavy (non-hydrogen) atoms. The van der Waals surface area contributed by atoms with Crippen molar-refractivity contribution in [1.82, 2.24) is 15.3 Å². The van der Waals surface area contributed by atoms with E-state index in [0.29, 0.717) is 12.2 Å². The molecule has 0 radical (unpaired) electrons. The van der Waals surface area contributed by atoms with Crippen molar-refractivity contribution < 1.29 is 4.79 Å². The van der Waals surface area contributed by atoms with Crippen LogP contribution in [0.2, 0.25) is 0 Å². The third-order valence-corrected chi connectivity index (χ3v) is 3.32. The first-order valence-electron chi connectivity index (χ1n) is 6.90. The van der Waals surface area contributed by atoms with Crippen molar-refractivity contribution in [1.29, 1.82) is 0 Å². The number of carbonyl (C=O) groups excluding carboxylic acids is 1. The van der Waals surface area contributed by atoms with E-state index in [1.165, 1.54) is 19.3 Å². The predicted molar refractivity (Wildman–Crippen MR) is 79.7 cm³/mol. The molecule has 1 heterocycles. The van der Waals surface area contributed by atoms with E-state index in [4.69, 9.17) is 0 Å². The minimum Gasteiger partial charge on any atom is -0.346 e. The first kappa shape index (κ1) is 16.1. The normalized spacial score (nSPS) is 12.2. The number of rotatable bonds is 8. The number of halogens is 1. The van der Waals surface area contributed by atoms with E-state index in [0.717, 1.165) is 17.3 Å². The summed E-state index contributed by atoms with van der Waals surface area (Å²) in [6.07, 6.45) is 9.75. The van der Waals surface area contributed by atoms with Gasteiger partial charge in [0.2, 0.25) is 5.91 Å². The van der Waals surface area contributed by atoms with Gasteiger partial charge in [0.25, 0.3) is 0 Å². The van der Waals surface area contributed by atoms with Gasteiger partial charge in [-0.3, -0.25) is 4.79 Å². The highest BCUT2D eigenvalue weighted by Gasteiger charge is 2.11. The molecular weight excluding hydrogens is 306 g/mol. The molecule has 1 rings (SSSR count). The van der Waals surface area contributed by atoms with Crippen molar-refractivity contribution in [2.45, 2.75) is 58.4 Å². The van der Waals surface area contributed by atoms with Crippen molar-refractivity contribution in [3.05, 3.63) is 22.7 Å². The molecule has 0 aliphatic rings. The third kappa shape index (κ3) is 6.66. The minimum atomic E-state index is -0.142. The van der Waals surface area contributed by atoms with Crippen molar-refractivity contribution in [2.75, 3.05) is 0 Å². The molecule has 0 bridgehead atoms. The Morgan fingerprint density at radius 3 is 2.53 bits per heavy atom. The van der Waals surface area contributed by atoms with Gasteiger partial charge < -0.3 is 5.32 Å². The molecule has 4 nitrogen and oxygen atoms in total. The fourth-order valence-corrected chi connectivity index (χ4v) is 2.02. The fourth-order valence-electron chi connectivity index (χ4n) is 1.81. The molecule has 1 amide bonds. The molecule has 1 aromatic heterocycles. The second-order valence-electron chi connectivity index (χ2n) is 4.71. The fraction of sp³-hybridized carbons (Fsp3) is 0.643. The Morgan fingerprint density at radius 1 is 1.26 bits per heavy atom. The predicted octanol–water partition coefficient (Wildman–Crippen LogP) is 3.78. The maximum absolute atomic E-state index is 11.8. The molecule has 0 saturated carbocycles. The number of unbranched alkanes of at least 4 members (excludes halogenated alkanes) is 4. The monoisotopic (exact) mass is 327 g/mol. The molecule has 106 valence electrons. The van der Waals surface area contributed by atoms with Gasteiger partial charge in [0.15, 0.2) is 0 Å². The number of carbonyl (C=O) groups is 1. The summed E-state index contributed by atoms with van der Waals surface area (Å²) < 4.78 is 0.839. The zero-order valence-corrected chi connectivity index (χ0v) is 13.2. The zero-order chi connectivity index (χ0) is 14.1. The SMILES string of the molecule is CCCCCCCC(=O)N[C@@H](C)c1ncc(Br)cn1. The summed E-state index contributed by atoms with van der Waals surface area (Å²) in [6.45, 7) is 4.09. The second kappa shape index (κ2) is 9.02. The Kier molecular flexibility index (Phi) is 7.63. The average Bonchev–Trinajstić information content (AvgIpc) is 2.39. The number of amides is 1. The third-order valence-electron chi connectivity index (χ3n) is 2.91. The van der Waals surface area contributed by atoms with Gasteiger partial charge >= 0.3 is 0 Å². The molecule has 0 unspecified atom stereocenters.